The summed E-state index contributed by atoms with van der Waals surface area (Å²) in [6, 6.07) is 5.12. The van der Waals surface area contributed by atoms with E-state index in [9.17, 15) is 4.79 Å². The molecule has 1 heterocycles. The van der Waals surface area contributed by atoms with Crippen LogP contribution in [0, 0.1) is 0 Å². The molecule has 0 unspecified atom stereocenters. The minimum atomic E-state index is -0.965. The molecule has 0 saturated carbocycles. The van der Waals surface area contributed by atoms with Crippen LogP contribution in [-0.2, 0) is 11.2 Å². The van der Waals surface area contributed by atoms with Gasteiger partial charge in [-0.05, 0) is 18.2 Å². The van der Waals surface area contributed by atoms with Gasteiger partial charge in [-0.3, -0.25) is 9.89 Å². The van der Waals surface area contributed by atoms with Crippen molar-refractivity contribution < 1.29 is 14.6 Å². The van der Waals surface area contributed by atoms with E-state index in [-0.39, 0.29) is 6.42 Å². The van der Waals surface area contributed by atoms with Gasteiger partial charge in [0.2, 0.25) is 0 Å². The Bertz CT molecular complexity index is 579. The largest absolute Gasteiger partial charge is 0.495 e. The lowest BCUT2D eigenvalue weighted by molar-refractivity contribution is -0.136. The third-order valence-corrected chi connectivity index (χ3v) is 2.34. The zero-order chi connectivity index (χ0) is 13.1. The zero-order valence-corrected chi connectivity index (χ0v) is 9.67. The molecule has 4 N–H and O–H groups in total. The van der Waals surface area contributed by atoms with Gasteiger partial charge in [-0.25, -0.2) is 4.98 Å². The Morgan fingerprint density at radius 3 is 3.00 bits per heavy atom. The van der Waals surface area contributed by atoms with Crippen LogP contribution in [0.5, 0.6) is 5.75 Å². The van der Waals surface area contributed by atoms with E-state index in [0.29, 0.717) is 28.6 Å². The number of nitrogens with one attached hydrogen (secondary N) is 1. The molecule has 2 rings (SSSR count). The quantitative estimate of drug-likeness (QED) is 0.686. The van der Waals surface area contributed by atoms with Crippen LogP contribution in [0.15, 0.2) is 18.2 Å². The Balaban J connectivity index is 2.31. The first-order valence-electron chi connectivity index (χ1n) is 5.17. The lowest BCUT2D eigenvalue weighted by Gasteiger charge is -2.04. The van der Waals surface area contributed by atoms with Crippen LogP contribution in [-0.4, -0.2) is 33.4 Å². The first kappa shape index (κ1) is 11.9. The second-order valence-corrected chi connectivity index (χ2v) is 3.63. The first-order valence-corrected chi connectivity index (χ1v) is 5.17. The van der Waals surface area contributed by atoms with Gasteiger partial charge >= 0.3 is 5.97 Å². The Morgan fingerprint density at radius 1 is 1.56 bits per heavy atom. The van der Waals surface area contributed by atoms with E-state index in [1.807, 2.05) is 0 Å². The van der Waals surface area contributed by atoms with Gasteiger partial charge in [0.05, 0.1) is 12.8 Å². The van der Waals surface area contributed by atoms with Crippen molar-refractivity contribution in [3.63, 3.8) is 0 Å². The van der Waals surface area contributed by atoms with Gasteiger partial charge in [0.1, 0.15) is 18.0 Å². The molecule has 0 aliphatic carbocycles. The van der Waals surface area contributed by atoms with Crippen molar-refractivity contribution in [1.29, 1.82) is 0 Å². The number of methoxy groups -OCH3 is 1. The summed E-state index contributed by atoms with van der Waals surface area (Å²) in [5.41, 5.74) is 6.92. The van der Waals surface area contributed by atoms with Gasteiger partial charge in [0.25, 0.3) is 0 Å². The summed E-state index contributed by atoms with van der Waals surface area (Å²) in [6.45, 7) is 0. The maximum absolute atomic E-state index is 10.5. The highest BCUT2D eigenvalue weighted by Crippen LogP contribution is 2.26. The number of nitrogen functional groups attached to an aromatic ring is 1. The van der Waals surface area contributed by atoms with Crippen molar-refractivity contribution in [3.05, 3.63) is 24.0 Å². The molecule has 94 valence electrons. The number of hydrogen-bond acceptors (Lipinski definition) is 5. The number of rotatable bonds is 4. The number of nitrogens with two attached hydrogens (primary N) is 1. The minimum absolute atomic E-state index is 0.195. The number of aromatic amines is 1. The summed E-state index contributed by atoms with van der Waals surface area (Å²) >= 11 is 0. The summed E-state index contributed by atoms with van der Waals surface area (Å²) < 4.78 is 5.09. The monoisotopic (exact) mass is 248 g/mol. The average molecular weight is 248 g/mol. The molecular weight excluding hydrogens is 236 g/mol. The second-order valence-electron chi connectivity index (χ2n) is 3.63. The van der Waals surface area contributed by atoms with Crippen LogP contribution in [0.4, 0.5) is 5.69 Å². The fourth-order valence-corrected chi connectivity index (χ4v) is 1.50. The van der Waals surface area contributed by atoms with E-state index in [0.717, 1.165) is 0 Å². The molecule has 18 heavy (non-hydrogen) atoms. The lowest BCUT2D eigenvalue weighted by Crippen LogP contribution is -2.01. The number of carboxylic acid groups (broad SMARTS) is 1. The maximum atomic E-state index is 10.5. The number of ether oxygens (including phenoxy) is 1. The highest BCUT2D eigenvalue weighted by atomic mass is 16.5. The van der Waals surface area contributed by atoms with E-state index in [2.05, 4.69) is 15.2 Å². The number of H-pyrrole nitrogens is 1. The van der Waals surface area contributed by atoms with Gasteiger partial charge in [-0.2, -0.15) is 5.10 Å². The van der Waals surface area contributed by atoms with Gasteiger partial charge < -0.3 is 15.6 Å². The summed E-state index contributed by atoms with van der Waals surface area (Å²) in [4.78, 5) is 14.6. The highest BCUT2D eigenvalue weighted by molar-refractivity contribution is 5.69. The molecular formula is C11H12N4O3. The van der Waals surface area contributed by atoms with Crippen molar-refractivity contribution in [2.24, 2.45) is 0 Å². The Labute approximate surface area is 103 Å². The lowest BCUT2D eigenvalue weighted by atomic mass is 10.2. The van der Waals surface area contributed by atoms with Crippen LogP contribution in [0.3, 0.4) is 0 Å². The topological polar surface area (TPSA) is 114 Å². The van der Waals surface area contributed by atoms with Crippen molar-refractivity contribution in [1.82, 2.24) is 15.2 Å². The zero-order valence-electron chi connectivity index (χ0n) is 9.67. The predicted octanol–water partition coefficient (Wildman–Crippen LogP) is 0.690. The normalized spacial score (nSPS) is 10.3. The molecule has 0 bridgehead atoms. The van der Waals surface area contributed by atoms with Gasteiger partial charge in [-0.15, -0.1) is 0 Å². The number of carboxylic acids is 1. The summed E-state index contributed by atoms with van der Waals surface area (Å²) in [5, 5.41) is 15.2. The van der Waals surface area contributed by atoms with Crippen LogP contribution in [0.1, 0.15) is 5.82 Å². The molecule has 1 aromatic carbocycles. The molecule has 0 amide bonds. The molecule has 2 aromatic rings. The molecule has 0 saturated heterocycles. The number of hydrogen-bond donors (Lipinski definition) is 3. The Kier molecular flexibility index (Phi) is 3.13. The van der Waals surface area contributed by atoms with E-state index in [1.165, 1.54) is 7.11 Å². The number of aliphatic carboxylic acids is 1. The van der Waals surface area contributed by atoms with E-state index in [1.54, 1.807) is 18.2 Å². The summed E-state index contributed by atoms with van der Waals surface area (Å²) in [5.74, 6) is 0.266. The smallest absolute Gasteiger partial charge is 0.311 e. The van der Waals surface area contributed by atoms with E-state index < -0.39 is 5.97 Å². The fourth-order valence-electron chi connectivity index (χ4n) is 1.50. The maximum Gasteiger partial charge on any atom is 0.311 e. The van der Waals surface area contributed by atoms with Crippen LogP contribution in [0.2, 0.25) is 0 Å². The number of nitrogens with zero attached hydrogens (tertiary/aromatic N) is 2. The molecule has 0 aliphatic rings. The summed E-state index contributed by atoms with van der Waals surface area (Å²) in [6.07, 6.45) is -0.195. The van der Waals surface area contributed by atoms with Crippen LogP contribution in [0.25, 0.3) is 11.4 Å². The number of aromatic nitrogens is 3. The van der Waals surface area contributed by atoms with E-state index >= 15 is 0 Å². The molecule has 0 atom stereocenters. The molecule has 0 fully saturated rings. The Hall–Kier alpha value is -2.57. The van der Waals surface area contributed by atoms with Crippen molar-refractivity contribution in [2.45, 2.75) is 6.42 Å². The van der Waals surface area contributed by atoms with Gasteiger partial charge in [0, 0.05) is 5.56 Å². The van der Waals surface area contributed by atoms with Crippen molar-refractivity contribution >= 4 is 11.7 Å². The molecule has 7 nitrogen and oxygen atoms in total. The highest BCUT2D eigenvalue weighted by Gasteiger charge is 2.10. The van der Waals surface area contributed by atoms with Gasteiger partial charge in [0.15, 0.2) is 5.82 Å². The summed E-state index contributed by atoms with van der Waals surface area (Å²) in [7, 11) is 1.52. The van der Waals surface area contributed by atoms with Crippen LogP contribution < -0.4 is 10.5 Å². The molecule has 1 aromatic heterocycles. The molecule has 7 heteroatoms. The SMILES string of the molecule is COc1cc(-c2n[nH]c(CC(=O)O)n2)ccc1N. The predicted molar refractivity (Wildman–Crippen MR) is 64.1 cm³/mol. The number of carbonyl (C=O) groups is 1. The standard InChI is InChI=1S/C11H12N4O3/c1-18-8-4-6(2-3-7(8)12)11-13-9(14-15-11)5-10(16)17/h2-4H,5,12H2,1H3,(H,16,17)(H,13,14,15). The fraction of sp³-hybridized carbons (Fsp3) is 0.182. The number of anilines is 1. The third-order valence-electron chi connectivity index (χ3n) is 2.34. The van der Waals surface area contributed by atoms with Gasteiger partial charge in [-0.1, -0.05) is 0 Å². The van der Waals surface area contributed by atoms with E-state index in [4.69, 9.17) is 15.6 Å². The average Bonchev–Trinajstić information content (AvgIpc) is 2.77. The molecule has 0 spiro atoms. The third kappa shape index (κ3) is 2.40. The van der Waals surface area contributed by atoms with Crippen molar-refractivity contribution in [2.75, 3.05) is 12.8 Å². The molecule has 0 aliphatic heterocycles. The minimum Gasteiger partial charge on any atom is -0.495 e. The first-order chi connectivity index (χ1) is 8.60. The van der Waals surface area contributed by atoms with Crippen LogP contribution >= 0.6 is 0 Å². The van der Waals surface area contributed by atoms with Crippen molar-refractivity contribution in [3.8, 4) is 17.1 Å². The number of benzene rings is 1. The second kappa shape index (κ2) is 4.74. The molecule has 0 radical (unpaired) electrons. The Morgan fingerprint density at radius 2 is 2.33 bits per heavy atom.